The summed E-state index contributed by atoms with van der Waals surface area (Å²) in [5.74, 6) is -0.0267. The van der Waals surface area contributed by atoms with Crippen LogP contribution < -0.4 is 10.6 Å². The number of unbranched alkanes of at least 4 members (excludes halogenated alkanes) is 1. The summed E-state index contributed by atoms with van der Waals surface area (Å²) < 4.78 is 0. The molecule has 7 nitrogen and oxygen atoms in total. The summed E-state index contributed by atoms with van der Waals surface area (Å²) in [6.45, 7) is 3.96. The van der Waals surface area contributed by atoms with Gasteiger partial charge in [-0.15, -0.1) is 0 Å². The van der Waals surface area contributed by atoms with E-state index in [-0.39, 0.29) is 17.3 Å². The molecule has 0 bridgehead atoms. The molecule has 110 valence electrons. The van der Waals surface area contributed by atoms with Crippen molar-refractivity contribution in [2.24, 2.45) is 0 Å². The Balaban J connectivity index is 2.92. The Kier molecular flexibility index (Phi) is 5.89. The van der Waals surface area contributed by atoms with E-state index in [9.17, 15) is 14.9 Å². The van der Waals surface area contributed by atoms with Crippen LogP contribution in [0.5, 0.6) is 0 Å². The topological polar surface area (TPSA) is 97.2 Å². The molecule has 0 aliphatic carbocycles. The minimum atomic E-state index is -0.599. The number of anilines is 1. The first-order valence-corrected chi connectivity index (χ1v) is 6.62. The summed E-state index contributed by atoms with van der Waals surface area (Å²) in [7, 11) is 1.64. The number of carbonyl (C=O) groups is 1. The number of nitrogens with one attached hydrogen (secondary N) is 2. The molecule has 0 aromatic carbocycles. The lowest BCUT2D eigenvalue weighted by Gasteiger charge is -2.13. The fourth-order valence-corrected chi connectivity index (χ4v) is 1.80. The van der Waals surface area contributed by atoms with Gasteiger partial charge in [0.25, 0.3) is 11.6 Å². The van der Waals surface area contributed by atoms with Gasteiger partial charge in [0.05, 0.1) is 4.92 Å². The van der Waals surface area contributed by atoms with Gasteiger partial charge in [-0.3, -0.25) is 14.9 Å². The molecular formula is C13H20N4O3. The molecule has 0 saturated carbocycles. The number of hydrogen-bond donors (Lipinski definition) is 2. The first-order chi connectivity index (χ1) is 9.49. The molecule has 1 amide bonds. The van der Waals surface area contributed by atoms with Crippen molar-refractivity contribution < 1.29 is 9.72 Å². The van der Waals surface area contributed by atoms with Gasteiger partial charge in [0.2, 0.25) is 0 Å². The number of nitrogens with zero attached hydrogens (tertiary/aromatic N) is 2. The third-order valence-electron chi connectivity index (χ3n) is 2.95. The van der Waals surface area contributed by atoms with E-state index in [4.69, 9.17) is 0 Å². The Hall–Kier alpha value is -2.18. The lowest BCUT2D eigenvalue weighted by molar-refractivity contribution is -0.385. The molecule has 0 aliphatic rings. The van der Waals surface area contributed by atoms with Crippen LogP contribution in [0, 0.1) is 10.1 Å². The molecule has 1 atom stereocenters. The number of nitro groups is 1. The van der Waals surface area contributed by atoms with Crippen molar-refractivity contribution in [1.82, 2.24) is 10.3 Å². The number of hydrogen-bond acceptors (Lipinski definition) is 5. The third-order valence-corrected chi connectivity index (χ3v) is 2.95. The van der Waals surface area contributed by atoms with Crippen molar-refractivity contribution >= 4 is 17.4 Å². The van der Waals surface area contributed by atoms with Crippen LogP contribution >= 0.6 is 0 Å². The average molecular weight is 280 g/mol. The number of rotatable bonds is 7. The normalized spacial score (nSPS) is 11.8. The number of aromatic nitrogens is 1. The van der Waals surface area contributed by atoms with Crippen LogP contribution in [0.1, 0.15) is 43.5 Å². The second kappa shape index (κ2) is 7.42. The number of pyridine rings is 1. The van der Waals surface area contributed by atoms with Gasteiger partial charge in [-0.1, -0.05) is 19.8 Å². The van der Waals surface area contributed by atoms with E-state index in [1.807, 2.05) is 6.92 Å². The highest BCUT2D eigenvalue weighted by molar-refractivity contribution is 5.98. The van der Waals surface area contributed by atoms with E-state index in [0.29, 0.717) is 5.82 Å². The van der Waals surface area contributed by atoms with Crippen LogP contribution in [0.4, 0.5) is 11.5 Å². The lowest BCUT2D eigenvalue weighted by atomic mass is 10.1. The number of carbonyl (C=O) groups excluding carboxylic acids is 1. The lowest BCUT2D eigenvalue weighted by Crippen LogP contribution is -2.33. The zero-order valence-electron chi connectivity index (χ0n) is 12.0. The Morgan fingerprint density at radius 3 is 2.80 bits per heavy atom. The average Bonchev–Trinajstić information content (AvgIpc) is 2.44. The van der Waals surface area contributed by atoms with Crippen molar-refractivity contribution in [3.8, 4) is 0 Å². The summed E-state index contributed by atoms with van der Waals surface area (Å²) in [6.07, 6.45) is 3.98. The Bertz CT molecular complexity index is 491. The van der Waals surface area contributed by atoms with E-state index in [1.165, 1.54) is 6.07 Å². The first-order valence-electron chi connectivity index (χ1n) is 6.62. The van der Waals surface area contributed by atoms with Crippen molar-refractivity contribution in [2.45, 2.75) is 39.2 Å². The minimum Gasteiger partial charge on any atom is -0.373 e. The van der Waals surface area contributed by atoms with E-state index in [2.05, 4.69) is 22.5 Å². The van der Waals surface area contributed by atoms with Crippen molar-refractivity contribution in [1.29, 1.82) is 0 Å². The SMILES string of the molecule is CCCCC(C)NC(=O)c1cc(NC)ncc1[N+](=O)[O-]. The van der Waals surface area contributed by atoms with Gasteiger partial charge in [-0.25, -0.2) is 4.98 Å². The van der Waals surface area contributed by atoms with Crippen LogP contribution in [0.25, 0.3) is 0 Å². The fraction of sp³-hybridized carbons (Fsp3) is 0.538. The monoisotopic (exact) mass is 280 g/mol. The van der Waals surface area contributed by atoms with Gasteiger partial charge in [-0.05, 0) is 13.3 Å². The highest BCUT2D eigenvalue weighted by Gasteiger charge is 2.22. The van der Waals surface area contributed by atoms with Crippen LogP contribution in [-0.2, 0) is 0 Å². The molecular weight excluding hydrogens is 260 g/mol. The molecule has 1 heterocycles. The van der Waals surface area contributed by atoms with Crippen LogP contribution in [0.15, 0.2) is 12.3 Å². The zero-order chi connectivity index (χ0) is 15.1. The molecule has 7 heteroatoms. The predicted octanol–water partition coefficient (Wildman–Crippen LogP) is 2.34. The van der Waals surface area contributed by atoms with E-state index >= 15 is 0 Å². The summed E-state index contributed by atoms with van der Waals surface area (Å²) in [5, 5.41) is 16.5. The van der Waals surface area contributed by atoms with Gasteiger partial charge in [0.15, 0.2) is 0 Å². The fourth-order valence-electron chi connectivity index (χ4n) is 1.80. The zero-order valence-corrected chi connectivity index (χ0v) is 12.0. The van der Waals surface area contributed by atoms with Gasteiger partial charge in [0.1, 0.15) is 17.6 Å². The molecule has 0 saturated heterocycles. The van der Waals surface area contributed by atoms with Crippen LogP contribution in [-0.4, -0.2) is 28.9 Å². The van der Waals surface area contributed by atoms with Gasteiger partial charge < -0.3 is 10.6 Å². The van der Waals surface area contributed by atoms with Crippen molar-refractivity contribution in [3.05, 3.63) is 27.9 Å². The van der Waals surface area contributed by atoms with Crippen molar-refractivity contribution in [2.75, 3.05) is 12.4 Å². The van der Waals surface area contributed by atoms with Gasteiger partial charge in [0, 0.05) is 19.2 Å². The second-order valence-corrected chi connectivity index (χ2v) is 4.61. The summed E-state index contributed by atoms with van der Waals surface area (Å²) in [5.41, 5.74) is -0.262. The Labute approximate surface area is 117 Å². The molecule has 1 rings (SSSR count). The molecule has 0 radical (unpaired) electrons. The first kappa shape index (κ1) is 15.9. The van der Waals surface area contributed by atoms with Gasteiger partial charge in [-0.2, -0.15) is 0 Å². The quantitative estimate of drug-likeness (QED) is 0.590. The number of amides is 1. The van der Waals surface area contributed by atoms with Gasteiger partial charge >= 0.3 is 0 Å². The van der Waals surface area contributed by atoms with E-state index < -0.39 is 10.8 Å². The maximum Gasteiger partial charge on any atom is 0.300 e. The van der Waals surface area contributed by atoms with Crippen molar-refractivity contribution in [3.63, 3.8) is 0 Å². The maximum absolute atomic E-state index is 12.1. The highest BCUT2D eigenvalue weighted by atomic mass is 16.6. The summed E-state index contributed by atoms with van der Waals surface area (Å²) >= 11 is 0. The highest BCUT2D eigenvalue weighted by Crippen LogP contribution is 2.20. The largest absolute Gasteiger partial charge is 0.373 e. The molecule has 1 aromatic heterocycles. The molecule has 1 unspecified atom stereocenters. The molecule has 1 aromatic rings. The Morgan fingerprint density at radius 1 is 1.55 bits per heavy atom. The maximum atomic E-state index is 12.1. The molecule has 0 aliphatic heterocycles. The summed E-state index contributed by atoms with van der Waals surface area (Å²) in [4.78, 5) is 26.3. The molecule has 2 N–H and O–H groups in total. The third kappa shape index (κ3) is 4.18. The predicted molar refractivity (Wildman–Crippen MR) is 76.9 cm³/mol. The van der Waals surface area contributed by atoms with Crippen LogP contribution in [0.2, 0.25) is 0 Å². The van der Waals surface area contributed by atoms with Crippen LogP contribution in [0.3, 0.4) is 0 Å². The van der Waals surface area contributed by atoms with E-state index in [1.54, 1.807) is 7.05 Å². The minimum absolute atomic E-state index is 0.0201. The Morgan fingerprint density at radius 2 is 2.25 bits per heavy atom. The van der Waals surface area contributed by atoms with E-state index in [0.717, 1.165) is 25.5 Å². The standard InChI is InChI=1S/C13H20N4O3/c1-4-5-6-9(2)16-13(18)10-7-12(14-3)15-8-11(10)17(19)20/h7-9H,4-6H2,1-3H3,(H,14,15)(H,16,18). The second-order valence-electron chi connectivity index (χ2n) is 4.61. The molecule has 0 spiro atoms. The molecule has 0 fully saturated rings. The summed E-state index contributed by atoms with van der Waals surface area (Å²) in [6, 6.07) is 1.37. The smallest absolute Gasteiger partial charge is 0.300 e. The molecule has 20 heavy (non-hydrogen) atoms.